The van der Waals surface area contributed by atoms with Gasteiger partial charge in [-0.05, 0) is 27.7 Å². The van der Waals surface area contributed by atoms with Gasteiger partial charge in [-0.15, -0.1) is 0 Å². The van der Waals surface area contributed by atoms with Crippen molar-refractivity contribution in [2.45, 2.75) is 62.9 Å². The fourth-order valence-corrected chi connectivity index (χ4v) is 3.86. The summed E-state index contributed by atoms with van der Waals surface area (Å²) >= 11 is 2.09. The maximum Gasteiger partial charge on any atom is 0.306 e. The lowest BCUT2D eigenvalue weighted by Gasteiger charge is -2.22. The Labute approximate surface area is 151 Å². The summed E-state index contributed by atoms with van der Waals surface area (Å²) in [4.78, 5) is 46.6. The highest BCUT2D eigenvalue weighted by Crippen LogP contribution is 2.33. The standard InChI is InChI=1S/C16H26O6S2/c1-15(2,9-11(17)21-5)23-13(19)7-8-14(20)24-16(3,4)10-12(18)22-6/h7-10H2,1-6H3. The van der Waals surface area contributed by atoms with Crippen LogP contribution in [0, 0.1) is 0 Å². The van der Waals surface area contributed by atoms with Crippen LogP contribution in [0.25, 0.3) is 0 Å². The number of carbonyl (C=O) groups is 4. The van der Waals surface area contributed by atoms with E-state index >= 15 is 0 Å². The molecule has 0 aliphatic heterocycles. The number of ether oxygens (including phenoxy) is 2. The monoisotopic (exact) mass is 378 g/mol. The zero-order valence-corrected chi connectivity index (χ0v) is 16.7. The molecule has 6 nitrogen and oxygen atoms in total. The van der Waals surface area contributed by atoms with Gasteiger partial charge in [-0.3, -0.25) is 19.2 Å². The molecular formula is C16H26O6S2. The van der Waals surface area contributed by atoms with E-state index in [1.807, 2.05) is 0 Å². The highest BCUT2D eigenvalue weighted by molar-refractivity contribution is 8.15. The number of thioether (sulfide) groups is 2. The maximum absolute atomic E-state index is 12.0. The third-order valence-corrected chi connectivity index (χ3v) is 5.17. The molecule has 138 valence electrons. The second-order valence-electron chi connectivity index (χ2n) is 6.47. The minimum Gasteiger partial charge on any atom is -0.469 e. The molecule has 0 atom stereocenters. The number of carbonyl (C=O) groups excluding carboxylic acids is 4. The molecule has 0 rings (SSSR count). The third-order valence-electron chi connectivity index (χ3n) is 2.91. The van der Waals surface area contributed by atoms with E-state index in [1.165, 1.54) is 14.2 Å². The van der Waals surface area contributed by atoms with Gasteiger partial charge in [0.15, 0.2) is 10.2 Å². The Morgan fingerprint density at radius 2 is 1.00 bits per heavy atom. The van der Waals surface area contributed by atoms with Crippen LogP contribution in [0.3, 0.4) is 0 Å². The van der Waals surface area contributed by atoms with Crippen LogP contribution in [0.5, 0.6) is 0 Å². The number of methoxy groups -OCH3 is 2. The predicted octanol–water partition coefficient (Wildman–Crippen LogP) is 2.97. The van der Waals surface area contributed by atoms with Gasteiger partial charge in [-0.25, -0.2) is 0 Å². The summed E-state index contributed by atoms with van der Waals surface area (Å²) in [5, 5.41) is -0.299. The van der Waals surface area contributed by atoms with Crippen molar-refractivity contribution in [1.82, 2.24) is 0 Å². The molecule has 0 heterocycles. The van der Waals surface area contributed by atoms with Crippen molar-refractivity contribution in [3.63, 3.8) is 0 Å². The van der Waals surface area contributed by atoms with Crippen LogP contribution in [0.2, 0.25) is 0 Å². The zero-order valence-electron chi connectivity index (χ0n) is 15.1. The van der Waals surface area contributed by atoms with Gasteiger partial charge in [0.2, 0.25) is 0 Å². The molecule has 0 amide bonds. The van der Waals surface area contributed by atoms with Crippen LogP contribution >= 0.6 is 23.5 Å². The van der Waals surface area contributed by atoms with Crippen molar-refractivity contribution in [1.29, 1.82) is 0 Å². The van der Waals surface area contributed by atoms with E-state index in [1.54, 1.807) is 27.7 Å². The summed E-state index contributed by atoms with van der Waals surface area (Å²) in [7, 11) is 2.60. The largest absolute Gasteiger partial charge is 0.469 e. The Kier molecular flexibility index (Phi) is 9.65. The van der Waals surface area contributed by atoms with Crippen molar-refractivity contribution in [2.24, 2.45) is 0 Å². The molecule has 0 aromatic carbocycles. The van der Waals surface area contributed by atoms with Crippen molar-refractivity contribution < 1.29 is 28.7 Å². The highest BCUT2D eigenvalue weighted by Gasteiger charge is 2.29. The van der Waals surface area contributed by atoms with Gasteiger partial charge in [0.1, 0.15) is 0 Å². The lowest BCUT2D eigenvalue weighted by Crippen LogP contribution is -2.24. The van der Waals surface area contributed by atoms with E-state index in [0.29, 0.717) is 0 Å². The molecule has 0 radical (unpaired) electrons. The molecule has 0 N–H and O–H groups in total. The molecule has 0 bridgehead atoms. The van der Waals surface area contributed by atoms with Crippen LogP contribution < -0.4 is 0 Å². The highest BCUT2D eigenvalue weighted by atomic mass is 32.2. The molecule has 0 aromatic rings. The van der Waals surface area contributed by atoms with E-state index in [9.17, 15) is 19.2 Å². The molecule has 0 spiro atoms. The summed E-state index contributed by atoms with van der Waals surface area (Å²) in [6, 6.07) is 0. The molecule has 24 heavy (non-hydrogen) atoms. The molecule has 0 saturated carbocycles. The topological polar surface area (TPSA) is 86.7 Å². The van der Waals surface area contributed by atoms with Gasteiger partial charge in [0, 0.05) is 22.3 Å². The Bertz CT molecular complexity index is 441. The number of hydrogen-bond acceptors (Lipinski definition) is 8. The van der Waals surface area contributed by atoms with Gasteiger partial charge in [0.25, 0.3) is 0 Å². The van der Waals surface area contributed by atoms with Gasteiger partial charge in [-0.1, -0.05) is 23.5 Å². The van der Waals surface area contributed by atoms with Crippen LogP contribution in [0.4, 0.5) is 0 Å². The first-order valence-corrected chi connectivity index (χ1v) is 9.11. The second kappa shape index (κ2) is 10.1. The second-order valence-corrected chi connectivity index (χ2v) is 10.0. The zero-order chi connectivity index (χ0) is 19.0. The molecule has 0 aromatic heterocycles. The Balaban J connectivity index is 4.33. The van der Waals surface area contributed by atoms with Gasteiger partial charge < -0.3 is 9.47 Å². The summed E-state index contributed by atoms with van der Waals surface area (Å²) in [5.41, 5.74) is 0. The van der Waals surface area contributed by atoms with Gasteiger partial charge >= 0.3 is 11.9 Å². The Hall–Kier alpha value is -1.02. The molecular weight excluding hydrogens is 352 g/mol. The van der Waals surface area contributed by atoms with Crippen molar-refractivity contribution in [3.8, 4) is 0 Å². The number of esters is 2. The van der Waals surface area contributed by atoms with Crippen molar-refractivity contribution in [3.05, 3.63) is 0 Å². The van der Waals surface area contributed by atoms with Crippen molar-refractivity contribution >= 4 is 45.7 Å². The number of rotatable bonds is 9. The normalized spacial score (nSPS) is 11.8. The summed E-state index contributed by atoms with van der Waals surface area (Å²) in [5.74, 6) is -0.756. The van der Waals surface area contributed by atoms with Gasteiger partial charge in [0.05, 0.1) is 27.1 Å². The lowest BCUT2D eigenvalue weighted by molar-refractivity contribution is -0.142. The third kappa shape index (κ3) is 10.7. The van der Waals surface area contributed by atoms with Gasteiger partial charge in [-0.2, -0.15) is 0 Å². The first-order chi connectivity index (χ1) is 10.9. The van der Waals surface area contributed by atoms with Crippen molar-refractivity contribution in [2.75, 3.05) is 14.2 Å². The average molecular weight is 379 g/mol. The Morgan fingerprint density at radius 1 is 0.708 bits per heavy atom. The van der Waals surface area contributed by atoms with E-state index in [-0.39, 0.29) is 47.9 Å². The molecule has 0 unspecified atom stereocenters. The SMILES string of the molecule is COC(=O)CC(C)(C)SC(=O)CCC(=O)SC(C)(C)CC(=O)OC. The van der Waals surface area contributed by atoms with E-state index < -0.39 is 9.49 Å². The Morgan fingerprint density at radius 3 is 1.25 bits per heavy atom. The van der Waals surface area contributed by atoms with Crippen LogP contribution in [-0.4, -0.2) is 45.9 Å². The maximum atomic E-state index is 12.0. The van der Waals surface area contributed by atoms with E-state index in [0.717, 1.165) is 23.5 Å². The van der Waals surface area contributed by atoms with Crippen LogP contribution in [0.15, 0.2) is 0 Å². The fourth-order valence-electron chi connectivity index (χ4n) is 1.83. The predicted molar refractivity (Wildman–Crippen MR) is 95.9 cm³/mol. The molecule has 8 heteroatoms. The average Bonchev–Trinajstić information content (AvgIpc) is 2.42. The molecule has 0 fully saturated rings. The first-order valence-electron chi connectivity index (χ1n) is 7.48. The molecule has 0 aliphatic rings. The summed E-state index contributed by atoms with van der Waals surface area (Å²) in [6.45, 7) is 7.12. The van der Waals surface area contributed by atoms with E-state index in [2.05, 4.69) is 9.47 Å². The van der Waals surface area contributed by atoms with E-state index in [4.69, 9.17) is 0 Å². The quantitative estimate of drug-likeness (QED) is 0.566. The minimum absolute atomic E-state index is 0.0927. The lowest BCUT2D eigenvalue weighted by atomic mass is 10.1. The number of hydrogen-bond donors (Lipinski definition) is 0. The minimum atomic E-state index is -0.579. The fraction of sp³-hybridized carbons (Fsp3) is 0.750. The van der Waals surface area contributed by atoms with Crippen LogP contribution in [-0.2, 0) is 28.7 Å². The molecule has 0 aliphatic carbocycles. The van der Waals surface area contributed by atoms with Crippen LogP contribution in [0.1, 0.15) is 53.4 Å². The molecule has 0 saturated heterocycles. The first kappa shape index (κ1) is 23.0. The summed E-state index contributed by atoms with van der Waals surface area (Å²) < 4.78 is 8.05. The summed E-state index contributed by atoms with van der Waals surface area (Å²) in [6.07, 6.45) is 0.425. The smallest absolute Gasteiger partial charge is 0.306 e.